The molecule has 0 saturated carbocycles. The fourth-order valence-electron chi connectivity index (χ4n) is 2.75. The molecule has 0 aliphatic carbocycles. The number of H-pyrrole nitrogens is 1. The fraction of sp³-hybridized carbons (Fsp3) is 0.0500. The number of imidazole rings is 1. The average molecular weight is 348 g/mol. The Labute approximate surface area is 149 Å². The van der Waals surface area contributed by atoms with Crippen LogP contribution in [0.15, 0.2) is 66.0 Å². The zero-order valence-corrected chi connectivity index (χ0v) is 14.4. The van der Waals surface area contributed by atoms with Crippen LogP contribution in [0.3, 0.4) is 0 Å². The Kier molecular flexibility index (Phi) is 3.99. The third-order valence-electron chi connectivity index (χ3n) is 3.97. The van der Waals surface area contributed by atoms with Gasteiger partial charge >= 0.3 is 0 Å². The summed E-state index contributed by atoms with van der Waals surface area (Å²) in [6.45, 7) is 0. The van der Waals surface area contributed by atoms with Gasteiger partial charge in [-0.1, -0.05) is 36.4 Å². The Morgan fingerprint density at radius 1 is 1.00 bits per heavy atom. The number of benzene rings is 2. The van der Waals surface area contributed by atoms with Gasteiger partial charge in [-0.2, -0.15) is 0 Å². The third-order valence-corrected chi connectivity index (χ3v) is 4.86. The normalized spacial score (nSPS) is 10.8. The maximum absolute atomic E-state index is 10.1. The van der Waals surface area contributed by atoms with E-state index in [1.807, 2.05) is 47.8 Å². The lowest BCUT2D eigenvalue weighted by Gasteiger charge is -2.04. The zero-order valence-electron chi connectivity index (χ0n) is 13.6. The summed E-state index contributed by atoms with van der Waals surface area (Å²) in [6, 6.07) is 19.4. The lowest BCUT2D eigenvalue weighted by Crippen LogP contribution is -1.86. The largest absolute Gasteiger partial charge is 0.504 e. The van der Waals surface area contributed by atoms with Gasteiger partial charge in [-0.15, -0.1) is 11.3 Å². The molecule has 0 saturated heterocycles. The van der Waals surface area contributed by atoms with Crippen molar-refractivity contribution in [3.8, 4) is 44.7 Å². The van der Waals surface area contributed by atoms with Crippen LogP contribution in [0.4, 0.5) is 0 Å². The van der Waals surface area contributed by atoms with Gasteiger partial charge < -0.3 is 14.8 Å². The molecule has 25 heavy (non-hydrogen) atoms. The number of hydrogen-bond donors (Lipinski definition) is 2. The summed E-state index contributed by atoms with van der Waals surface area (Å²) >= 11 is 1.66. The highest BCUT2D eigenvalue weighted by Crippen LogP contribution is 2.36. The number of phenols is 1. The van der Waals surface area contributed by atoms with E-state index in [-0.39, 0.29) is 5.75 Å². The molecule has 0 atom stereocenters. The van der Waals surface area contributed by atoms with Crippen molar-refractivity contribution in [3.05, 3.63) is 66.0 Å². The zero-order chi connectivity index (χ0) is 17.2. The minimum atomic E-state index is 0.0929. The summed E-state index contributed by atoms with van der Waals surface area (Å²) in [5.41, 5.74) is 3.73. The van der Waals surface area contributed by atoms with E-state index in [4.69, 9.17) is 9.72 Å². The lowest BCUT2D eigenvalue weighted by molar-refractivity contribution is 0.373. The van der Waals surface area contributed by atoms with Crippen molar-refractivity contribution in [3.63, 3.8) is 0 Å². The average Bonchev–Trinajstić information content (AvgIpc) is 3.32. The molecule has 2 N–H and O–H groups in total. The predicted molar refractivity (Wildman–Crippen MR) is 101 cm³/mol. The Morgan fingerprint density at radius 2 is 1.84 bits per heavy atom. The van der Waals surface area contributed by atoms with Gasteiger partial charge in [0.1, 0.15) is 5.82 Å². The maximum Gasteiger partial charge on any atom is 0.160 e. The Balaban J connectivity index is 1.87. The molecular formula is C20H16N2O2S. The summed E-state index contributed by atoms with van der Waals surface area (Å²) < 4.78 is 5.11. The van der Waals surface area contributed by atoms with Crippen molar-refractivity contribution < 1.29 is 9.84 Å². The highest BCUT2D eigenvalue weighted by molar-refractivity contribution is 7.13. The minimum absolute atomic E-state index is 0.0929. The van der Waals surface area contributed by atoms with E-state index in [1.165, 1.54) is 7.11 Å². The summed E-state index contributed by atoms with van der Waals surface area (Å²) in [6.07, 6.45) is 0. The van der Waals surface area contributed by atoms with E-state index in [1.54, 1.807) is 23.5 Å². The number of aromatic amines is 1. The van der Waals surface area contributed by atoms with E-state index < -0.39 is 0 Å². The molecule has 0 aliphatic rings. The fourth-order valence-corrected chi connectivity index (χ4v) is 3.48. The van der Waals surface area contributed by atoms with Crippen LogP contribution in [0.5, 0.6) is 11.5 Å². The molecule has 4 nitrogen and oxygen atoms in total. The number of aromatic hydroxyl groups is 1. The number of ether oxygens (including phenoxy) is 1. The molecule has 2 aromatic heterocycles. The van der Waals surface area contributed by atoms with Gasteiger partial charge in [-0.25, -0.2) is 4.98 Å². The molecule has 0 fully saturated rings. The topological polar surface area (TPSA) is 58.1 Å². The summed E-state index contributed by atoms with van der Waals surface area (Å²) in [4.78, 5) is 9.33. The summed E-state index contributed by atoms with van der Waals surface area (Å²) in [5, 5.41) is 12.1. The van der Waals surface area contributed by atoms with Crippen LogP contribution in [0.2, 0.25) is 0 Å². The Hall–Kier alpha value is -3.05. The van der Waals surface area contributed by atoms with Crippen molar-refractivity contribution in [2.24, 2.45) is 0 Å². The molecule has 0 amide bonds. The van der Waals surface area contributed by atoms with Gasteiger partial charge in [0.05, 0.1) is 23.4 Å². The number of nitrogens with one attached hydrogen (secondary N) is 1. The first-order valence-corrected chi connectivity index (χ1v) is 8.71. The number of hydrogen-bond acceptors (Lipinski definition) is 4. The first-order chi connectivity index (χ1) is 12.3. The van der Waals surface area contributed by atoms with Crippen LogP contribution in [-0.2, 0) is 0 Å². The molecule has 5 heteroatoms. The molecule has 2 heterocycles. The van der Waals surface area contributed by atoms with Crippen molar-refractivity contribution in [1.29, 1.82) is 0 Å². The maximum atomic E-state index is 10.1. The Bertz CT molecular complexity index is 992. The van der Waals surface area contributed by atoms with Crippen molar-refractivity contribution in [2.45, 2.75) is 0 Å². The monoisotopic (exact) mass is 348 g/mol. The van der Waals surface area contributed by atoms with Crippen molar-refractivity contribution in [1.82, 2.24) is 9.97 Å². The second-order valence-electron chi connectivity index (χ2n) is 5.54. The van der Waals surface area contributed by atoms with E-state index in [2.05, 4.69) is 11.1 Å². The van der Waals surface area contributed by atoms with Crippen LogP contribution in [0, 0.1) is 0 Å². The molecule has 124 valence electrons. The smallest absolute Gasteiger partial charge is 0.160 e. The minimum Gasteiger partial charge on any atom is -0.504 e. The molecule has 0 radical (unpaired) electrons. The number of rotatable bonds is 4. The second kappa shape index (κ2) is 6.45. The number of phenolic OH excluding ortho intramolecular Hbond substituents is 1. The molecular weight excluding hydrogens is 332 g/mol. The third kappa shape index (κ3) is 2.90. The quantitative estimate of drug-likeness (QED) is 0.534. The van der Waals surface area contributed by atoms with Crippen molar-refractivity contribution >= 4 is 11.3 Å². The first kappa shape index (κ1) is 15.5. The highest BCUT2D eigenvalue weighted by Gasteiger charge is 2.16. The molecule has 4 rings (SSSR count). The molecule has 0 spiro atoms. The Morgan fingerprint density at radius 3 is 2.52 bits per heavy atom. The number of nitrogens with zero attached hydrogens (tertiary/aromatic N) is 1. The van der Waals surface area contributed by atoms with Gasteiger partial charge in [0.25, 0.3) is 0 Å². The van der Waals surface area contributed by atoms with Gasteiger partial charge in [-0.05, 0) is 29.6 Å². The number of aromatic nitrogens is 2. The molecule has 4 aromatic rings. The van der Waals surface area contributed by atoms with Crippen LogP contribution < -0.4 is 4.74 Å². The van der Waals surface area contributed by atoms with Crippen molar-refractivity contribution in [2.75, 3.05) is 7.11 Å². The van der Waals surface area contributed by atoms with E-state index >= 15 is 0 Å². The molecule has 0 bridgehead atoms. The van der Waals surface area contributed by atoms with E-state index in [0.717, 1.165) is 27.4 Å². The van der Waals surface area contributed by atoms with Crippen LogP contribution in [0.1, 0.15) is 0 Å². The number of methoxy groups -OCH3 is 1. The van der Waals surface area contributed by atoms with Crippen LogP contribution in [0.25, 0.3) is 33.2 Å². The lowest BCUT2D eigenvalue weighted by atomic mass is 10.1. The van der Waals surface area contributed by atoms with Gasteiger partial charge in [0.15, 0.2) is 11.5 Å². The van der Waals surface area contributed by atoms with Crippen LogP contribution in [-0.4, -0.2) is 22.2 Å². The molecule has 0 aliphatic heterocycles. The molecule has 0 unspecified atom stereocenters. The van der Waals surface area contributed by atoms with Gasteiger partial charge in [-0.3, -0.25) is 0 Å². The summed E-state index contributed by atoms with van der Waals surface area (Å²) in [7, 11) is 1.53. The molecule has 2 aromatic carbocycles. The highest BCUT2D eigenvalue weighted by atomic mass is 32.1. The van der Waals surface area contributed by atoms with Gasteiger partial charge in [0, 0.05) is 11.1 Å². The second-order valence-corrected chi connectivity index (χ2v) is 6.49. The standard InChI is InChI=1S/C20H16N2O2S/c1-24-16-10-9-14(12-15(16)23)20-21-18(13-6-3-2-4-7-13)19(22-20)17-8-5-11-25-17/h2-12,23H,1H3,(H,21,22). The van der Waals surface area contributed by atoms with E-state index in [9.17, 15) is 5.11 Å². The first-order valence-electron chi connectivity index (χ1n) is 7.83. The van der Waals surface area contributed by atoms with Crippen LogP contribution >= 0.6 is 11.3 Å². The SMILES string of the molecule is COc1ccc(-c2nc(-c3ccccc3)c(-c3cccs3)[nH]2)cc1O. The van der Waals surface area contributed by atoms with E-state index in [0.29, 0.717) is 11.6 Å². The predicted octanol–water partition coefficient (Wildman–Crippen LogP) is 5.19. The summed E-state index contributed by atoms with van der Waals surface area (Å²) in [5.74, 6) is 1.24. The van der Waals surface area contributed by atoms with Gasteiger partial charge in [0.2, 0.25) is 0 Å². The number of thiophene rings is 1.